The number of likely N-dealkylation sites (tertiary alicyclic amines) is 1. The number of benzene rings is 1. The molecule has 4 heterocycles. The molecule has 0 saturated carbocycles. The number of anilines is 1. The number of aliphatic hydroxyl groups excluding tert-OH is 1. The lowest BCUT2D eigenvalue weighted by atomic mass is 9.74. The fourth-order valence-electron chi connectivity index (χ4n) is 5.84. The number of halogens is 1. The van der Waals surface area contributed by atoms with Crippen LogP contribution in [-0.4, -0.2) is 83.2 Å². The summed E-state index contributed by atoms with van der Waals surface area (Å²) in [6.07, 6.45) is 7.31. The molecule has 5 atom stereocenters. The highest BCUT2D eigenvalue weighted by atomic mass is 35.5. The predicted molar refractivity (Wildman–Crippen MR) is 122 cm³/mol. The molecule has 174 valence electrons. The smallest absolute Gasteiger partial charge is 0.253 e. The van der Waals surface area contributed by atoms with Gasteiger partial charge in [0.05, 0.1) is 24.0 Å². The molecule has 33 heavy (non-hydrogen) atoms. The molecule has 0 aromatic heterocycles. The number of nitrogens with zero attached hydrogens (tertiary/aromatic N) is 3. The quantitative estimate of drug-likeness (QED) is 0.670. The predicted octanol–water partition coefficient (Wildman–Crippen LogP) is 1.23. The molecule has 1 unspecified atom stereocenters. The number of likely N-dealkylation sites (N-methyl/N-ethyl adjacent to an activating group) is 1. The molecule has 5 rings (SSSR count). The number of aliphatic hydroxyl groups is 1. The van der Waals surface area contributed by atoms with Crippen LogP contribution >= 0.6 is 11.6 Å². The van der Waals surface area contributed by atoms with Gasteiger partial charge in [-0.15, -0.1) is 0 Å². The highest BCUT2D eigenvalue weighted by Crippen LogP contribution is 2.57. The van der Waals surface area contributed by atoms with Crippen LogP contribution in [-0.2, 0) is 19.1 Å². The standard InChI is InChI=1S/C24H26ClN3O5/c1-23-9-3-11-26(2)20(30)17(23)18-21(31)28(13-14-29)19-22(32)27(12-4-10-24(18,19)33-23)16-7-5-15(25)6-8-16/h3-10,17-19,29H,11-14H2,1-2H3/t17-,18+,19?,23+,24+/m1/s1. The maximum absolute atomic E-state index is 14.0. The Hall–Kier alpha value is -2.68. The summed E-state index contributed by atoms with van der Waals surface area (Å²) >= 11 is 6.03. The van der Waals surface area contributed by atoms with Gasteiger partial charge in [0, 0.05) is 37.4 Å². The molecule has 2 fully saturated rings. The monoisotopic (exact) mass is 471 g/mol. The molecule has 9 heteroatoms. The van der Waals surface area contributed by atoms with E-state index in [1.807, 2.05) is 18.2 Å². The summed E-state index contributed by atoms with van der Waals surface area (Å²) in [6.45, 7) is 2.17. The van der Waals surface area contributed by atoms with Gasteiger partial charge in [0.2, 0.25) is 11.8 Å². The van der Waals surface area contributed by atoms with E-state index in [0.717, 1.165) is 0 Å². The second-order valence-electron chi connectivity index (χ2n) is 9.20. The van der Waals surface area contributed by atoms with Crippen molar-refractivity contribution in [3.8, 4) is 0 Å². The lowest BCUT2D eigenvalue weighted by Crippen LogP contribution is -2.56. The molecule has 1 aromatic rings. The zero-order valence-electron chi connectivity index (χ0n) is 18.5. The zero-order valence-corrected chi connectivity index (χ0v) is 19.2. The molecule has 4 aliphatic heterocycles. The average molecular weight is 472 g/mol. The normalized spacial score (nSPS) is 35.5. The molecule has 8 nitrogen and oxygen atoms in total. The van der Waals surface area contributed by atoms with E-state index < -0.39 is 29.1 Å². The number of β-amino-alcohol motifs (C(OH)–C–C–N with tert-alkyl or cyclic N) is 1. The molecule has 1 aromatic carbocycles. The summed E-state index contributed by atoms with van der Waals surface area (Å²) in [4.78, 5) is 45.7. The Morgan fingerprint density at radius 3 is 2.42 bits per heavy atom. The highest BCUT2D eigenvalue weighted by Gasteiger charge is 2.74. The first-order valence-corrected chi connectivity index (χ1v) is 11.4. The van der Waals surface area contributed by atoms with Gasteiger partial charge in [-0.3, -0.25) is 14.4 Å². The SMILES string of the molecule is CN1CC=C[C@]2(C)O[C@]34C=CCN(c5ccc(Cl)cc5)C(=O)C3N(CCO)C(=O)[C@@H]4[C@@H]2C1=O. The minimum Gasteiger partial charge on any atom is -0.395 e. The Bertz CT molecular complexity index is 1070. The van der Waals surface area contributed by atoms with E-state index in [9.17, 15) is 19.5 Å². The van der Waals surface area contributed by atoms with Gasteiger partial charge in [-0.05, 0) is 31.2 Å². The number of carbonyl (C=O) groups is 3. The van der Waals surface area contributed by atoms with E-state index in [2.05, 4.69) is 0 Å². The summed E-state index contributed by atoms with van der Waals surface area (Å²) < 4.78 is 6.63. The number of fused-ring (bicyclic) bond motifs is 2. The Kier molecular flexibility index (Phi) is 5.15. The minimum atomic E-state index is -1.32. The van der Waals surface area contributed by atoms with Crippen LogP contribution in [0.5, 0.6) is 0 Å². The molecule has 1 spiro atoms. The number of carbonyl (C=O) groups excluding carboxylic acids is 3. The van der Waals surface area contributed by atoms with Crippen molar-refractivity contribution in [2.45, 2.75) is 24.2 Å². The van der Waals surface area contributed by atoms with Crippen molar-refractivity contribution in [1.29, 1.82) is 0 Å². The van der Waals surface area contributed by atoms with Crippen molar-refractivity contribution in [2.75, 3.05) is 38.2 Å². The lowest BCUT2D eigenvalue weighted by Gasteiger charge is -2.37. The van der Waals surface area contributed by atoms with Crippen molar-refractivity contribution in [1.82, 2.24) is 9.80 Å². The minimum absolute atomic E-state index is 0.0253. The molecule has 0 aliphatic carbocycles. The van der Waals surface area contributed by atoms with Gasteiger partial charge in [0.15, 0.2) is 0 Å². The number of hydrogen-bond donors (Lipinski definition) is 1. The Morgan fingerprint density at radius 2 is 1.73 bits per heavy atom. The maximum atomic E-state index is 14.0. The van der Waals surface area contributed by atoms with Gasteiger partial charge in [0.1, 0.15) is 11.6 Å². The molecular weight excluding hydrogens is 446 g/mol. The topological polar surface area (TPSA) is 90.4 Å². The number of hydrogen-bond acceptors (Lipinski definition) is 5. The van der Waals surface area contributed by atoms with Crippen LogP contribution in [0.1, 0.15) is 6.92 Å². The molecule has 3 amide bonds. The van der Waals surface area contributed by atoms with Crippen molar-refractivity contribution < 1.29 is 24.2 Å². The van der Waals surface area contributed by atoms with E-state index >= 15 is 0 Å². The third-order valence-corrected chi connectivity index (χ3v) is 7.49. The summed E-state index contributed by atoms with van der Waals surface area (Å²) in [5, 5.41) is 10.3. The van der Waals surface area contributed by atoms with Gasteiger partial charge >= 0.3 is 0 Å². The second kappa shape index (κ2) is 7.68. The van der Waals surface area contributed by atoms with Gasteiger partial charge in [-0.1, -0.05) is 35.9 Å². The first-order chi connectivity index (χ1) is 15.7. The van der Waals surface area contributed by atoms with E-state index in [1.165, 1.54) is 4.90 Å². The molecule has 4 aliphatic rings. The first kappa shape index (κ1) is 22.1. The van der Waals surface area contributed by atoms with E-state index in [1.54, 1.807) is 54.1 Å². The fourth-order valence-corrected chi connectivity index (χ4v) is 5.97. The van der Waals surface area contributed by atoms with Gasteiger partial charge in [-0.2, -0.15) is 0 Å². The van der Waals surface area contributed by atoms with Crippen molar-refractivity contribution in [3.05, 3.63) is 53.6 Å². The number of rotatable bonds is 3. The molecular formula is C24H26ClN3O5. The zero-order chi connectivity index (χ0) is 23.5. The number of ether oxygens (including phenoxy) is 1. The lowest BCUT2D eigenvalue weighted by molar-refractivity contribution is -0.148. The fraction of sp³-hybridized carbons (Fsp3) is 0.458. The Balaban J connectivity index is 1.65. The second-order valence-corrected chi connectivity index (χ2v) is 9.64. The van der Waals surface area contributed by atoms with Crippen LogP contribution in [0.3, 0.4) is 0 Å². The van der Waals surface area contributed by atoms with Gasteiger partial charge in [-0.25, -0.2) is 0 Å². The summed E-state index contributed by atoms with van der Waals surface area (Å²) in [5.74, 6) is -2.52. The van der Waals surface area contributed by atoms with Crippen LogP contribution in [0.4, 0.5) is 5.69 Å². The largest absolute Gasteiger partial charge is 0.395 e. The van der Waals surface area contributed by atoms with Crippen molar-refractivity contribution in [3.63, 3.8) is 0 Å². The Labute approximate surface area is 197 Å². The third kappa shape index (κ3) is 3.08. The average Bonchev–Trinajstić information content (AvgIpc) is 3.04. The molecule has 0 radical (unpaired) electrons. The summed E-state index contributed by atoms with van der Waals surface area (Å²) in [5.41, 5.74) is -1.71. The van der Waals surface area contributed by atoms with Crippen molar-refractivity contribution >= 4 is 35.0 Å². The third-order valence-electron chi connectivity index (χ3n) is 7.24. The highest BCUT2D eigenvalue weighted by molar-refractivity contribution is 6.30. The van der Waals surface area contributed by atoms with E-state index in [-0.39, 0.29) is 37.4 Å². The molecule has 0 bridgehead atoms. The summed E-state index contributed by atoms with van der Waals surface area (Å²) in [6, 6.07) is 5.89. The van der Waals surface area contributed by atoms with Gasteiger partial charge in [0.25, 0.3) is 5.91 Å². The van der Waals surface area contributed by atoms with E-state index in [4.69, 9.17) is 16.3 Å². The van der Waals surface area contributed by atoms with E-state index in [0.29, 0.717) is 17.3 Å². The van der Waals surface area contributed by atoms with Crippen LogP contribution in [0.2, 0.25) is 5.02 Å². The Morgan fingerprint density at radius 1 is 1.03 bits per heavy atom. The van der Waals surface area contributed by atoms with Gasteiger partial charge < -0.3 is 24.5 Å². The van der Waals surface area contributed by atoms with Crippen LogP contribution in [0, 0.1) is 11.8 Å². The first-order valence-electron chi connectivity index (χ1n) is 11.0. The van der Waals surface area contributed by atoms with Crippen LogP contribution < -0.4 is 4.90 Å². The van der Waals surface area contributed by atoms with Crippen LogP contribution in [0.15, 0.2) is 48.6 Å². The van der Waals surface area contributed by atoms with Crippen LogP contribution in [0.25, 0.3) is 0 Å². The summed E-state index contributed by atoms with van der Waals surface area (Å²) in [7, 11) is 1.70. The maximum Gasteiger partial charge on any atom is 0.253 e. The number of amides is 3. The van der Waals surface area contributed by atoms with Crippen molar-refractivity contribution in [2.24, 2.45) is 11.8 Å². The molecule has 2 saturated heterocycles. The molecule has 1 N–H and O–H groups in total.